The van der Waals surface area contributed by atoms with E-state index in [1.807, 2.05) is 0 Å². The van der Waals surface area contributed by atoms with E-state index < -0.39 is 10.0 Å². The summed E-state index contributed by atoms with van der Waals surface area (Å²) in [6.45, 7) is 3.22. The van der Waals surface area contributed by atoms with Crippen LogP contribution in [0.5, 0.6) is 0 Å². The zero-order chi connectivity index (χ0) is 14.9. The first kappa shape index (κ1) is 18.0. The van der Waals surface area contributed by atoms with Crippen molar-refractivity contribution in [2.45, 2.75) is 24.5 Å². The maximum absolute atomic E-state index is 12.4. The van der Waals surface area contributed by atoms with Crippen molar-refractivity contribution in [2.75, 3.05) is 27.2 Å². The molecule has 0 radical (unpaired) electrons. The van der Waals surface area contributed by atoms with Crippen molar-refractivity contribution < 1.29 is 17.6 Å². The molecule has 1 saturated heterocycles. The van der Waals surface area contributed by atoms with Crippen LogP contribution in [0, 0.1) is 6.92 Å². The van der Waals surface area contributed by atoms with Crippen molar-refractivity contribution >= 4 is 28.3 Å². The van der Waals surface area contributed by atoms with E-state index in [-0.39, 0.29) is 35.0 Å². The molecule has 2 heterocycles. The summed E-state index contributed by atoms with van der Waals surface area (Å²) in [5, 5.41) is 2.95. The van der Waals surface area contributed by atoms with E-state index in [1.54, 1.807) is 18.9 Å². The van der Waals surface area contributed by atoms with Crippen molar-refractivity contribution in [1.29, 1.82) is 0 Å². The molecule has 0 bridgehead atoms. The van der Waals surface area contributed by atoms with Gasteiger partial charge in [0.15, 0.2) is 0 Å². The molecule has 1 atom stereocenters. The van der Waals surface area contributed by atoms with Crippen LogP contribution in [0.1, 0.15) is 22.5 Å². The summed E-state index contributed by atoms with van der Waals surface area (Å²) in [4.78, 5) is 14.0. The molecule has 7 nitrogen and oxygen atoms in total. The van der Waals surface area contributed by atoms with E-state index in [0.717, 1.165) is 19.5 Å². The Morgan fingerprint density at radius 3 is 2.71 bits per heavy atom. The van der Waals surface area contributed by atoms with Crippen LogP contribution in [0.2, 0.25) is 0 Å². The average molecular weight is 338 g/mol. The number of aryl methyl sites for hydroxylation is 1. The number of hydrogen-bond acceptors (Lipinski definition) is 5. The molecule has 1 aromatic heterocycles. The van der Waals surface area contributed by atoms with Gasteiger partial charge in [0.2, 0.25) is 5.09 Å². The first-order valence-corrected chi connectivity index (χ1v) is 7.87. The number of nitrogens with one attached hydrogen (secondary N) is 2. The number of amides is 1. The minimum Gasteiger partial charge on any atom is -0.448 e. The standard InChI is InChI=1S/C12H19N3O4S.ClH/c1-8-10(6-11(19-8)20(17,18)13-2)12(16)15(3)9-4-5-14-7-9;/h6,9,13-14H,4-5,7H2,1-3H3;1H. The third-order valence-electron chi connectivity index (χ3n) is 3.56. The lowest BCUT2D eigenvalue weighted by Gasteiger charge is -2.23. The second kappa shape index (κ2) is 6.78. The number of furan rings is 1. The SMILES string of the molecule is CNS(=O)(=O)c1cc(C(=O)N(C)C2CCNC2)c(C)o1.Cl. The van der Waals surface area contributed by atoms with Gasteiger partial charge >= 0.3 is 0 Å². The van der Waals surface area contributed by atoms with Gasteiger partial charge in [-0.05, 0) is 26.9 Å². The predicted octanol–water partition coefficient (Wildman–Crippen LogP) is 0.352. The van der Waals surface area contributed by atoms with Crippen LogP contribution < -0.4 is 10.0 Å². The molecule has 2 rings (SSSR count). The Bertz CT molecular complexity index is 608. The van der Waals surface area contributed by atoms with E-state index in [1.165, 1.54) is 13.1 Å². The molecular formula is C12H20ClN3O4S. The number of halogens is 1. The fourth-order valence-corrected chi connectivity index (χ4v) is 2.93. The van der Waals surface area contributed by atoms with Gasteiger partial charge < -0.3 is 14.6 Å². The molecule has 1 amide bonds. The second-order valence-electron chi connectivity index (χ2n) is 4.81. The van der Waals surface area contributed by atoms with Crippen molar-refractivity contribution in [2.24, 2.45) is 0 Å². The molecule has 21 heavy (non-hydrogen) atoms. The number of likely N-dealkylation sites (N-methyl/N-ethyl adjacent to an activating group) is 1. The van der Waals surface area contributed by atoms with E-state index in [2.05, 4.69) is 10.0 Å². The zero-order valence-electron chi connectivity index (χ0n) is 12.2. The normalized spacial score (nSPS) is 18.3. The highest BCUT2D eigenvalue weighted by Gasteiger charge is 2.28. The molecule has 0 aromatic carbocycles. The Morgan fingerprint density at radius 2 is 2.19 bits per heavy atom. The minimum atomic E-state index is -3.68. The van der Waals surface area contributed by atoms with Gasteiger partial charge in [0, 0.05) is 25.7 Å². The zero-order valence-corrected chi connectivity index (χ0v) is 13.8. The summed E-state index contributed by atoms with van der Waals surface area (Å²) in [6.07, 6.45) is 0.890. The first-order valence-electron chi connectivity index (χ1n) is 6.38. The van der Waals surface area contributed by atoms with Gasteiger partial charge in [0.1, 0.15) is 5.76 Å². The molecule has 1 fully saturated rings. The molecule has 1 aliphatic heterocycles. The van der Waals surface area contributed by atoms with Crippen molar-refractivity contribution in [3.63, 3.8) is 0 Å². The number of sulfonamides is 1. The fraction of sp³-hybridized carbons (Fsp3) is 0.583. The Hall–Kier alpha value is -1.09. The Morgan fingerprint density at radius 1 is 1.52 bits per heavy atom. The lowest BCUT2D eigenvalue weighted by atomic mass is 10.2. The number of carbonyl (C=O) groups excluding carboxylic acids is 1. The number of nitrogens with zero attached hydrogens (tertiary/aromatic N) is 1. The van der Waals surface area contributed by atoms with Crippen LogP contribution in [-0.2, 0) is 10.0 Å². The maximum atomic E-state index is 12.4. The van der Waals surface area contributed by atoms with Crippen molar-refractivity contribution in [1.82, 2.24) is 14.9 Å². The number of hydrogen-bond donors (Lipinski definition) is 2. The van der Waals surface area contributed by atoms with Crippen molar-refractivity contribution in [3.8, 4) is 0 Å². The lowest BCUT2D eigenvalue weighted by Crippen LogP contribution is -2.38. The van der Waals surface area contributed by atoms with Crippen LogP contribution in [-0.4, -0.2) is 52.5 Å². The summed E-state index contributed by atoms with van der Waals surface area (Å²) in [5.74, 6) is 0.0825. The fourth-order valence-electron chi connectivity index (χ4n) is 2.23. The largest absolute Gasteiger partial charge is 0.448 e. The van der Waals surface area contributed by atoms with Gasteiger partial charge in [0.05, 0.1) is 5.56 Å². The Balaban J connectivity index is 0.00000220. The second-order valence-corrected chi connectivity index (χ2v) is 6.62. The highest BCUT2D eigenvalue weighted by Crippen LogP contribution is 2.21. The lowest BCUT2D eigenvalue weighted by molar-refractivity contribution is 0.0742. The molecule has 1 aromatic rings. The molecule has 0 aliphatic carbocycles. The van der Waals surface area contributed by atoms with Gasteiger partial charge in [-0.1, -0.05) is 0 Å². The summed E-state index contributed by atoms with van der Waals surface area (Å²) >= 11 is 0. The number of carbonyl (C=O) groups is 1. The van der Waals surface area contributed by atoms with Gasteiger partial charge in [-0.15, -0.1) is 12.4 Å². The average Bonchev–Trinajstić information content (AvgIpc) is 3.06. The summed E-state index contributed by atoms with van der Waals surface area (Å²) < 4.78 is 30.7. The topological polar surface area (TPSA) is 91.7 Å². The smallest absolute Gasteiger partial charge is 0.273 e. The van der Waals surface area contributed by atoms with Gasteiger partial charge in [0.25, 0.3) is 15.9 Å². The predicted molar refractivity (Wildman–Crippen MR) is 80.3 cm³/mol. The van der Waals surface area contributed by atoms with Gasteiger partial charge in [-0.2, -0.15) is 0 Å². The third kappa shape index (κ3) is 3.57. The molecule has 120 valence electrons. The van der Waals surface area contributed by atoms with Crippen LogP contribution >= 0.6 is 12.4 Å². The summed E-state index contributed by atoms with van der Waals surface area (Å²) in [5.41, 5.74) is 0.285. The molecular weight excluding hydrogens is 318 g/mol. The monoisotopic (exact) mass is 337 g/mol. The van der Waals surface area contributed by atoms with E-state index in [4.69, 9.17) is 4.42 Å². The van der Waals surface area contributed by atoms with Crippen LogP contribution in [0.3, 0.4) is 0 Å². The first-order chi connectivity index (χ1) is 9.36. The molecule has 9 heteroatoms. The Kier molecular flexibility index (Phi) is 5.80. The van der Waals surface area contributed by atoms with Crippen LogP contribution in [0.25, 0.3) is 0 Å². The third-order valence-corrected chi connectivity index (χ3v) is 4.83. The van der Waals surface area contributed by atoms with E-state index >= 15 is 0 Å². The maximum Gasteiger partial charge on any atom is 0.273 e. The molecule has 1 unspecified atom stereocenters. The van der Waals surface area contributed by atoms with Gasteiger partial charge in [-0.25, -0.2) is 13.1 Å². The minimum absolute atomic E-state index is 0. The van der Waals surface area contributed by atoms with E-state index in [0.29, 0.717) is 5.76 Å². The molecule has 0 spiro atoms. The quantitative estimate of drug-likeness (QED) is 0.827. The number of rotatable bonds is 4. The summed E-state index contributed by atoms with van der Waals surface area (Å²) in [6, 6.07) is 1.41. The highest BCUT2D eigenvalue weighted by molar-refractivity contribution is 7.89. The Labute approximate surface area is 130 Å². The van der Waals surface area contributed by atoms with Crippen molar-refractivity contribution in [3.05, 3.63) is 17.4 Å². The molecule has 0 saturated carbocycles. The van der Waals surface area contributed by atoms with E-state index in [9.17, 15) is 13.2 Å². The highest BCUT2D eigenvalue weighted by atomic mass is 35.5. The van der Waals surface area contributed by atoms with Gasteiger partial charge in [-0.3, -0.25) is 4.79 Å². The summed E-state index contributed by atoms with van der Waals surface area (Å²) in [7, 11) is -0.660. The molecule has 1 aliphatic rings. The van der Waals surface area contributed by atoms with Crippen LogP contribution in [0.4, 0.5) is 0 Å². The molecule has 2 N–H and O–H groups in total. The van der Waals surface area contributed by atoms with Crippen LogP contribution in [0.15, 0.2) is 15.6 Å².